The third-order valence-electron chi connectivity index (χ3n) is 2.46. The Morgan fingerprint density at radius 1 is 0.882 bits per heavy atom. The SMILES string of the molecule is C#CCCc1ccc(Oc2ccccc2)cc1. The first-order chi connectivity index (χ1) is 8.38. The highest BCUT2D eigenvalue weighted by Crippen LogP contribution is 2.21. The molecule has 17 heavy (non-hydrogen) atoms. The van der Waals surface area contributed by atoms with Crippen molar-refractivity contribution in [1.29, 1.82) is 0 Å². The fraction of sp³-hybridized carbons (Fsp3) is 0.125. The van der Waals surface area contributed by atoms with Gasteiger partial charge in [-0.25, -0.2) is 0 Å². The van der Waals surface area contributed by atoms with Crippen LogP contribution < -0.4 is 4.74 Å². The molecule has 0 spiro atoms. The number of terminal acetylenes is 1. The highest BCUT2D eigenvalue weighted by atomic mass is 16.5. The monoisotopic (exact) mass is 222 g/mol. The molecule has 0 saturated carbocycles. The van der Waals surface area contributed by atoms with E-state index in [1.54, 1.807) is 0 Å². The molecule has 0 amide bonds. The van der Waals surface area contributed by atoms with Crippen LogP contribution in [0.4, 0.5) is 0 Å². The van der Waals surface area contributed by atoms with Gasteiger partial charge in [-0.1, -0.05) is 30.3 Å². The summed E-state index contributed by atoms with van der Waals surface area (Å²) in [6, 6.07) is 17.8. The van der Waals surface area contributed by atoms with E-state index in [9.17, 15) is 0 Å². The molecule has 0 unspecified atom stereocenters. The summed E-state index contributed by atoms with van der Waals surface area (Å²) in [5.41, 5.74) is 1.24. The molecule has 0 aliphatic heterocycles. The maximum Gasteiger partial charge on any atom is 0.127 e. The summed E-state index contributed by atoms with van der Waals surface area (Å²) in [5.74, 6) is 4.34. The lowest BCUT2D eigenvalue weighted by Gasteiger charge is -2.06. The van der Waals surface area contributed by atoms with Crippen molar-refractivity contribution in [1.82, 2.24) is 0 Å². The van der Waals surface area contributed by atoms with Crippen LogP contribution in [0.25, 0.3) is 0 Å². The molecule has 2 aromatic carbocycles. The summed E-state index contributed by atoms with van der Waals surface area (Å²) in [7, 11) is 0. The molecule has 0 radical (unpaired) electrons. The number of rotatable bonds is 4. The van der Waals surface area contributed by atoms with E-state index in [0.29, 0.717) is 0 Å². The van der Waals surface area contributed by atoms with E-state index < -0.39 is 0 Å². The Kier molecular flexibility index (Phi) is 3.83. The second-order valence-corrected chi connectivity index (χ2v) is 3.76. The highest BCUT2D eigenvalue weighted by Gasteiger charge is 1.96. The van der Waals surface area contributed by atoms with Crippen LogP contribution in [0.2, 0.25) is 0 Å². The van der Waals surface area contributed by atoms with E-state index in [1.807, 2.05) is 42.5 Å². The first kappa shape index (κ1) is 11.3. The van der Waals surface area contributed by atoms with Gasteiger partial charge in [0.1, 0.15) is 11.5 Å². The Balaban J connectivity index is 2.01. The Morgan fingerprint density at radius 3 is 2.18 bits per heavy atom. The van der Waals surface area contributed by atoms with Crippen molar-refractivity contribution in [2.45, 2.75) is 12.8 Å². The third-order valence-corrected chi connectivity index (χ3v) is 2.46. The fourth-order valence-corrected chi connectivity index (χ4v) is 1.57. The maximum atomic E-state index is 5.70. The molecular weight excluding hydrogens is 208 g/mol. The third kappa shape index (κ3) is 3.39. The zero-order valence-corrected chi connectivity index (χ0v) is 9.60. The highest BCUT2D eigenvalue weighted by molar-refractivity contribution is 5.33. The van der Waals surface area contributed by atoms with E-state index >= 15 is 0 Å². The maximum absolute atomic E-state index is 5.70. The fourth-order valence-electron chi connectivity index (χ4n) is 1.57. The summed E-state index contributed by atoms with van der Waals surface area (Å²) in [6.45, 7) is 0. The van der Waals surface area contributed by atoms with Gasteiger partial charge in [0.15, 0.2) is 0 Å². The van der Waals surface area contributed by atoms with Crippen molar-refractivity contribution in [2.24, 2.45) is 0 Å². The summed E-state index contributed by atoms with van der Waals surface area (Å²) in [6.07, 6.45) is 6.93. The number of aryl methyl sites for hydroxylation is 1. The summed E-state index contributed by atoms with van der Waals surface area (Å²) in [5, 5.41) is 0. The number of hydrogen-bond donors (Lipinski definition) is 0. The Bertz CT molecular complexity index is 491. The Morgan fingerprint density at radius 2 is 1.53 bits per heavy atom. The quantitative estimate of drug-likeness (QED) is 0.709. The molecule has 1 nitrogen and oxygen atoms in total. The van der Waals surface area contributed by atoms with Gasteiger partial charge in [0, 0.05) is 6.42 Å². The van der Waals surface area contributed by atoms with Crippen molar-refractivity contribution >= 4 is 0 Å². The van der Waals surface area contributed by atoms with Crippen molar-refractivity contribution in [3.05, 3.63) is 60.2 Å². The van der Waals surface area contributed by atoms with E-state index in [4.69, 9.17) is 11.2 Å². The lowest BCUT2D eigenvalue weighted by atomic mass is 10.1. The topological polar surface area (TPSA) is 9.23 Å². The Hall–Kier alpha value is -2.20. The molecule has 0 atom stereocenters. The van der Waals surface area contributed by atoms with Gasteiger partial charge in [0.2, 0.25) is 0 Å². The number of benzene rings is 2. The first-order valence-corrected chi connectivity index (χ1v) is 5.64. The van der Waals surface area contributed by atoms with Crippen LogP contribution in [-0.4, -0.2) is 0 Å². The lowest BCUT2D eigenvalue weighted by Crippen LogP contribution is -1.86. The average Bonchev–Trinajstić information content (AvgIpc) is 2.39. The van der Waals surface area contributed by atoms with Gasteiger partial charge in [0.05, 0.1) is 0 Å². The summed E-state index contributed by atoms with van der Waals surface area (Å²) >= 11 is 0. The second kappa shape index (κ2) is 5.77. The van der Waals surface area contributed by atoms with Gasteiger partial charge in [-0.05, 0) is 36.2 Å². The average molecular weight is 222 g/mol. The van der Waals surface area contributed by atoms with Crippen LogP contribution in [-0.2, 0) is 6.42 Å². The first-order valence-electron chi connectivity index (χ1n) is 5.64. The number of ether oxygens (including phenoxy) is 1. The minimum atomic E-state index is 0.777. The standard InChI is InChI=1S/C16H14O/c1-2-3-7-14-10-12-16(13-11-14)17-15-8-5-4-6-9-15/h1,4-6,8-13H,3,7H2. The molecule has 1 heteroatoms. The molecule has 2 rings (SSSR count). The minimum Gasteiger partial charge on any atom is -0.457 e. The molecule has 0 aromatic heterocycles. The molecule has 0 aliphatic carbocycles. The molecule has 0 heterocycles. The van der Waals surface area contributed by atoms with Gasteiger partial charge >= 0.3 is 0 Å². The van der Waals surface area contributed by atoms with Crippen LogP contribution in [0, 0.1) is 12.3 Å². The normalized spacial score (nSPS) is 9.59. The largest absolute Gasteiger partial charge is 0.457 e. The van der Waals surface area contributed by atoms with E-state index in [0.717, 1.165) is 24.3 Å². The van der Waals surface area contributed by atoms with E-state index in [2.05, 4.69) is 18.1 Å². The minimum absolute atomic E-state index is 0.777. The zero-order chi connectivity index (χ0) is 11.9. The number of hydrogen-bond acceptors (Lipinski definition) is 1. The van der Waals surface area contributed by atoms with Gasteiger partial charge in [0.25, 0.3) is 0 Å². The van der Waals surface area contributed by atoms with Crippen LogP contribution >= 0.6 is 0 Å². The van der Waals surface area contributed by atoms with Crippen molar-refractivity contribution in [2.75, 3.05) is 0 Å². The molecule has 2 aromatic rings. The molecule has 0 saturated heterocycles. The molecule has 0 bridgehead atoms. The molecule has 0 fully saturated rings. The predicted molar refractivity (Wildman–Crippen MR) is 70.1 cm³/mol. The van der Waals surface area contributed by atoms with Crippen molar-refractivity contribution in [3.63, 3.8) is 0 Å². The van der Waals surface area contributed by atoms with Crippen molar-refractivity contribution < 1.29 is 4.74 Å². The molecular formula is C16H14O. The van der Waals surface area contributed by atoms with Crippen molar-refractivity contribution in [3.8, 4) is 23.8 Å². The van der Waals surface area contributed by atoms with Crippen LogP contribution in [0.1, 0.15) is 12.0 Å². The Labute approximate surface area is 102 Å². The molecule has 0 aliphatic rings. The second-order valence-electron chi connectivity index (χ2n) is 3.76. The van der Waals surface area contributed by atoms with Gasteiger partial charge in [-0.15, -0.1) is 12.3 Å². The number of para-hydroxylation sites is 1. The predicted octanol–water partition coefficient (Wildman–Crippen LogP) is 4.04. The van der Waals surface area contributed by atoms with E-state index in [1.165, 1.54) is 5.56 Å². The van der Waals surface area contributed by atoms with E-state index in [-0.39, 0.29) is 0 Å². The zero-order valence-electron chi connectivity index (χ0n) is 9.60. The lowest BCUT2D eigenvalue weighted by molar-refractivity contribution is 0.482. The summed E-state index contributed by atoms with van der Waals surface area (Å²) in [4.78, 5) is 0. The summed E-state index contributed by atoms with van der Waals surface area (Å²) < 4.78 is 5.70. The van der Waals surface area contributed by atoms with Crippen LogP contribution in [0.15, 0.2) is 54.6 Å². The van der Waals surface area contributed by atoms with Gasteiger partial charge in [-0.3, -0.25) is 0 Å². The van der Waals surface area contributed by atoms with Gasteiger partial charge < -0.3 is 4.74 Å². The molecule has 84 valence electrons. The smallest absolute Gasteiger partial charge is 0.127 e. The van der Waals surface area contributed by atoms with Crippen LogP contribution in [0.3, 0.4) is 0 Å². The molecule has 0 N–H and O–H groups in total. The van der Waals surface area contributed by atoms with Crippen LogP contribution in [0.5, 0.6) is 11.5 Å². The van der Waals surface area contributed by atoms with Gasteiger partial charge in [-0.2, -0.15) is 0 Å².